The molecule has 2 rings (SSSR count). The molecule has 0 saturated carbocycles. The van der Waals surface area contributed by atoms with Gasteiger partial charge in [0.05, 0.1) is 5.56 Å². The number of anilines is 1. The second-order valence-corrected chi connectivity index (χ2v) is 5.22. The van der Waals surface area contributed by atoms with Crippen LogP contribution in [-0.4, -0.2) is 12.5 Å². The van der Waals surface area contributed by atoms with E-state index in [2.05, 4.69) is 5.32 Å². The molecule has 0 fully saturated rings. The highest BCUT2D eigenvalue weighted by Gasteiger charge is 2.10. The van der Waals surface area contributed by atoms with Crippen molar-refractivity contribution in [2.75, 3.05) is 11.9 Å². The molecule has 0 unspecified atom stereocenters. The third-order valence-corrected chi connectivity index (χ3v) is 3.31. The van der Waals surface area contributed by atoms with Crippen LogP contribution in [0.1, 0.15) is 22.3 Å². The highest BCUT2D eigenvalue weighted by Crippen LogP contribution is 2.22. The molecule has 0 aromatic heterocycles. The Morgan fingerprint density at radius 2 is 1.82 bits per heavy atom. The molecule has 0 aliphatic carbocycles. The smallest absolute Gasteiger partial charge is 0.262 e. The quantitative estimate of drug-likeness (QED) is 0.938. The molecule has 2 aromatic rings. The molecule has 0 bridgehead atoms. The molecule has 0 atom stereocenters. The summed E-state index contributed by atoms with van der Waals surface area (Å²) in [6, 6.07) is 12.9. The van der Waals surface area contributed by atoms with Crippen LogP contribution in [0.25, 0.3) is 0 Å². The molecule has 112 valence electrons. The average molecular weight is 294 g/mol. The maximum Gasteiger partial charge on any atom is 0.262 e. The molecule has 1 amide bonds. The van der Waals surface area contributed by atoms with Crippen LogP contribution in [0, 0.1) is 32.1 Å². The van der Waals surface area contributed by atoms with E-state index in [0.717, 1.165) is 22.4 Å². The molecule has 0 spiro atoms. The first kappa shape index (κ1) is 15.6. The predicted octanol–water partition coefficient (Wildman–Crippen LogP) is 3.50. The van der Waals surface area contributed by atoms with E-state index in [0.29, 0.717) is 11.3 Å². The molecule has 22 heavy (non-hydrogen) atoms. The monoisotopic (exact) mass is 294 g/mol. The van der Waals surface area contributed by atoms with E-state index in [1.54, 1.807) is 24.3 Å². The number of ether oxygens (including phenoxy) is 1. The molecular formula is C18H18N2O2. The molecule has 0 aliphatic heterocycles. The first-order valence-electron chi connectivity index (χ1n) is 7.01. The second kappa shape index (κ2) is 6.77. The summed E-state index contributed by atoms with van der Waals surface area (Å²) in [5.41, 5.74) is 4.42. The Morgan fingerprint density at radius 1 is 1.18 bits per heavy atom. The van der Waals surface area contributed by atoms with Gasteiger partial charge in [-0.15, -0.1) is 0 Å². The van der Waals surface area contributed by atoms with Gasteiger partial charge in [0.25, 0.3) is 5.91 Å². The third-order valence-electron chi connectivity index (χ3n) is 3.31. The van der Waals surface area contributed by atoms with Gasteiger partial charge in [0, 0.05) is 5.69 Å². The second-order valence-electron chi connectivity index (χ2n) is 5.22. The number of hydrogen-bond acceptors (Lipinski definition) is 3. The Balaban J connectivity index is 2.04. The molecule has 0 heterocycles. The van der Waals surface area contributed by atoms with Crippen LogP contribution >= 0.6 is 0 Å². The lowest BCUT2D eigenvalue weighted by Gasteiger charge is -2.13. The Kier molecular flexibility index (Phi) is 4.80. The number of nitriles is 1. The summed E-state index contributed by atoms with van der Waals surface area (Å²) in [5.74, 6) is 0.167. The van der Waals surface area contributed by atoms with Crippen molar-refractivity contribution < 1.29 is 9.53 Å². The van der Waals surface area contributed by atoms with Crippen molar-refractivity contribution in [1.29, 1.82) is 5.26 Å². The fraction of sp³-hybridized carbons (Fsp3) is 0.222. The summed E-state index contributed by atoms with van der Waals surface area (Å²) < 4.78 is 5.43. The first-order valence-corrected chi connectivity index (χ1v) is 7.01. The number of para-hydroxylation sites is 1. The van der Waals surface area contributed by atoms with E-state index < -0.39 is 0 Å². The van der Waals surface area contributed by atoms with Gasteiger partial charge in [-0.3, -0.25) is 4.79 Å². The van der Waals surface area contributed by atoms with Crippen molar-refractivity contribution in [3.05, 3.63) is 58.7 Å². The molecule has 1 N–H and O–H groups in total. The summed E-state index contributed by atoms with van der Waals surface area (Å²) >= 11 is 0. The molecular weight excluding hydrogens is 276 g/mol. The van der Waals surface area contributed by atoms with Crippen molar-refractivity contribution in [1.82, 2.24) is 0 Å². The van der Waals surface area contributed by atoms with E-state index in [9.17, 15) is 4.79 Å². The lowest BCUT2D eigenvalue weighted by Crippen LogP contribution is -2.21. The number of nitrogens with one attached hydrogen (secondary N) is 1. The van der Waals surface area contributed by atoms with Crippen LogP contribution < -0.4 is 10.1 Å². The van der Waals surface area contributed by atoms with Crippen LogP contribution in [0.4, 0.5) is 5.69 Å². The maximum atomic E-state index is 12.1. The SMILES string of the molecule is Cc1cc(C)c(NC(=O)COc2ccccc2C#N)c(C)c1. The number of benzene rings is 2. The average Bonchev–Trinajstić information content (AvgIpc) is 2.49. The van der Waals surface area contributed by atoms with Crippen molar-refractivity contribution in [3.63, 3.8) is 0 Å². The number of rotatable bonds is 4. The first-order chi connectivity index (χ1) is 10.5. The Morgan fingerprint density at radius 3 is 2.45 bits per heavy atom. The highest BCUT2D eigenvalue weighted by atomic mass is 16.5. The summed E-state index contributed by atoms with van der Waals surface area (Å²) in [6.07, 6.45) is 0. The molecule has 0 radical (unpaired) electrons. The molecule has 4 heteroatoms. The van der Waals surface area contributed by atoms with Crippen LogP contribution in [-0.2, 0) is 4.79 Å². The largest absolute Gasteiger partial charge is 0.482 e. The van der Waals surface area contributed by atoms with Crippen LogP contribution in [0.3, 0.4) is 0 Å². The molecule has 0 saturated heterocycles. The minimum Gasteiger partial charge on any atom is -0.482 e. The summed E-state index contributed by atoms with van der Waals surface area (Å²) in [6.45, 7) is 5.81. The maximum absolute atomic E-state index is 12.1. The summed E-state index contributed by atoms with van der Waals surface area (Å²) in [7, 11) is 0. The standard InChI is InChI=1S/C18H18N2O2/c1-12-8-13(2)18(14(3)9-12)20-17(21)11-22-16-7-5-4-6-15(16)10-19/h4-9H,11H2,1-3H3,(H,20,21). The summed E-state index contributed by atoms with van der Waals surface area (Å²) in [5, 5.41) is 11.9. The highest BCUT2D eigenvalue weighted by molar-refractivity contribution is 5.93. The number of carbonyl (C=O) groups is 1. The van der Waals surface area contributed by atoms with Gasteiger partial charge in [-0.05, 0) is 44.0 Å². The van der Waals surface area contributed by atoms with Gasteiger partial charge >= 0.3 is 0 Å². The zero-order valence-corrected chi connectivity index (χ0v) is 12.9. The summed E-state index contributed by atoms with van der Waals surface area (Å²) in [4.78, 5) is 12.1. The number of aryl methyl sites for hydroxylation is 3. The van der Waals surface area contributed by atoms with Crippen LogP contribution in [0.5, 0.6) is 5.75 Å². The van der Waals surface area contributed by atoms with Gasteiger partial charge in [-0.1, -0.05) is 29.8 Å². The van der Waals surface area contributed by atoms with Crippen molar-refractivity contribution >= 4 is 11.6 Å². The Labute approximate surface area is 130 Å². The number of carbonyl (C=O) groups excluding carboxylic acids is 1. The van der Waals surface area contributed by atoms with E-state index in [4.69, 9.17) is 10.00 Å². The Bertz CT molecular complexity index is 722. The number of hydrogen-bond donors (Lipinski definition) is 1. The third kappa shape index (κ3) is 3.64. The Hall–Kier alpha value is -2.80. The minimum absolute atomic E-state index is 0.133. The van der Waals surface area contributed by atoms with Gasteiger partial charge in [-0.25, -0.2) is 0 Å². The van der Waals surface area contributed by atoms with E-state index in [1.807, 2.05) is 39.0 Å². The molecule has 2 aromatic carbocycles. The van der Waals surface area contributed by atoms with Crippen molar-refractivity contribution in [2.24, 2.45) is 0 Å². The fourth-order valence-electron chi connectivity index (χ4n) is 2.38. The van der Waals surface area contributed by atoms with Gasteiger partial charge in [-0.2, -0.15) is 5.26 Å². The normalized spacial score (nSPS) is 9.91. The van der Waals surface area contributed by atoms with Gasteiger partial charge in [0.1, 0.15) is 11.8 Å². The fourth-order valence-corrected chi connectivity index (χ4v) is 2.38. The number of amides is 1. The lowest BCUT2D eigenvalue weighted by molar-refractivity contribution is -0.118. The number of nitrogens with zero attached hydrogens (tertiary/aromatic N) is 1. The van der Waals surface area contributed by atoms with Crippen molar-refractivity contribution in [2.45, 2.75) is 20.8 Å². The molecule has 0 aliphatic rings. The zero-order chi connectivity index (χ0) is 16.1. The van der Waals surface area contributed by atoms with Gasteiger partial charge in [0.15, 0.2) is 6.61 Å². The predicted molar refractivity (Wildman–Crippen MR) is 85.9 cm³/mol. The van der Waals surface area contributed by atoms with E-state index >= 15 is 0 Å². The van der Waals surface area contributed by atoms with E-state index in [1.165, 1.54) is 0 Å². The van der Waals surface area contributed by atoms with Gasteiger partial charge < -0.3 is 10.1 Å². The van der Waals surface area contributed by atoms with E-state index in [-0.39, 0.29) is 12.5 Å². The van der Waals surface area contributed by atoms with Gasteiger partial charge in [0.2, 0.25) is 0 Å². The molecule has 4 nitrogen and oxygen atoms in total. The topological polar surface area (TPSA) is 62.1 Å². The van der Waals surface area contributed by atoms with Crippen LogP contribution in [0.15, 0.2) is 36.4 Å². The van der Waals surface area contributed by atoms with Crippen LogP contribution in [0.2, 0.25) is 0 Å². The lowest BCUT2D eigenvalue weighted by atomic mass is 10.1. The van der Waals surface area contributed by atoms with Crippen molar-refractivity contribution in [3.8, 4) is 11.8 Å². The minimum atomic E-state index is -0.247. The zero-order valence-electron chi connectivity index (χ0n) is 12.9.